The molecular formula is C15H13ClFNO2. The first-order valence-electron chi connectivity index (χ1n) is 6.25. The van der Waals surface area contributed by atoms with Crippen molar-refractivity contribution in [2.75, 3.05) is 6.79 Å². The molecule has 0 radical (unpaired) electrons. The minimum Gasteiger partial charge on any atom is -0.454 e. The predicted octanol–water partition coefficient (Wildman–Crippen LogP) is 3.50. The Labute approximate surface area is 121 Å². The van der Waals surface area contributed by atoms with E-state index in [1.165, 1.54) is 6.07 Å². The molecule has 0 fully saturated rings. The summed E-state index contributed by atoms with van der Waals surface area (Å²) in [5.41, 5.74) is 1.65. The summed E-state index contributed by atoms with van der Waals surface area (Å²) in [5.74, 6) is 1.22. The zero-order valence-corrected chi connectivity index (χ0v) is 11.4. The molecule has 1 N–H and O–H groups in total. The summed E-state index contributed by atoms with van der Waals surface area (Å²) in [6, 6.07) is 10.4. The SMILES string of the molecule is Fc1cc(Cl)ccc1CNCc1ccc2c(c1)OCO2. The molecule has 1 aliphatic heterocycles. The van der Waals surface area contributed by atoms with E-state index in [4.69, 9.17) is 21.1 Å². The van der Waals surface area contributed by atoms with Gasteiger partial charge in [-0.15, -0.1) is 0 Å². The lowest BCUT2D eigenvalue weighted by Crippen LogP contribution is -2.13. The fourth-order valence-electron chi connectivity index (χ4n) is 2.06. The van der Waals surface area contributed by atoms with Crippen LogP contribution in [0.25, 0.3) is 0 Å². The van der Waals surface area contributed by atoms with E-state index in [-0.39, 0.29) is 12.6 Å². The third kappa shape index (κ3) is 2.86. The van der Waals surface area contributed by atoms with Crippen molar-refractivity contribution in [1.82, 2.24) is 5.32 Å². The molecule has 1 heterocycles. The average molecular weight is 294 g/mol. The Bertz CT molecular complexity index is 633. The highest BCUT2D eigenvalue weighted by Gasteiger charge is 2.12. The van der Waals surface area contributed by atoms with Gasteiger partial charge in [0.2, 0.25) is 6.79 Å². The molecule has 20 heavy (non-hydrogen) atoms. The van der Waals surface area contributed by atoms with E-state index < -0.39 is 0 Å². The molecule has 0 atom stereocenters. The van der Waals surface area contributed by atoms with Crippen LogP contribution < -0.4 is 14.8 Å². The van der Waals surface area contributed by atoms with Gasteiger partial charge in [-0.3, -0.25) is 0 Å². The summed E-state index contributed by atoms with van der Waals surface area (Å²) in [6.07, 6.45) is 0. The summed E-state index contributed by atoms with van der Waals surface area (Å²) in [6.45, 7) is 1.33. The third-order valence-corrected chi connectivity index (χ3v) is 3.33. The molecule has 0 aliphatic carbocycles. The van der Waals surface area contributed by atoms with Gasteiger partial charge in [0.1, 0.15) is 5.82 Å². The van der Waals surface area contributed by atoms with E-state index in [2.05, 4.69) is 5.32 Å². The summed E-state index contributed by atoms with van der Waals surface area (Å²) < 4.78 is 24.2. The zero-order valence-electron chi connectivity index (χ0n) is 10.7. The van der Waals surface area contributed by atoms with Gasteiger partial charge in [-0.2, -0.15) is 0 Å². The molecule has 0 amide bonds. The molecule has 0 bridgehead atoms. The first-order chi connectivity index (χ1) is 9.72. The van der Waals surface area contributed by atoms with Gasteiger partial charge in [-0.1, -0.05) is 23.7 Å². The quantitative estimate of drug-likeness (QED) is 0.936. The largest absolute Gasteiger partial charge is 0.454 e. The van der Waals surface area contributed by atoms with Crippen molar-refractivity contribution in [3.63, 3.8) is 0 Å². The number of hydrogen-bond donors (Lipinski definition) is 1. The number of rotatable bonds is 4. The van der Waals surface area contributed by atoms with E-state index in [1.807, 2.05) is 18.2 Å². The highest BCUT2D eigenvalue weighted by Crippen LogP contribution is 2.32. The molecule has 1 aliphatic rings. The topological polar surface area (TPSA) is 30.5 Å². The lowest BCUT2D eigenvalue weighted by molar-refractivity contribution is 0.174. The lowest BCUT2D eigenvalue weighted by Gasteiger charge is -2.07. The molecule has 0 unspecified atom stereocenters. The van der Waals surface area contributed by atoms with Crippen molar-refractivity contribution in [2.24, 2.45) is 0 Å². The second-order valence-electron chi connectivity index (χ2n) is 4.53. The standard InChI is InChI=1S/C15H13ClFNO2/c16-12-3-2-11(13(17)6-12)8-18-7-10-1-4-14-15(5-10)20-9-19-14/h1-6,18H,7-9H2. The number of halogens is 2. The van der Waals surface area contributed by atoms with E-state index >= 15 is 0 Å². The van der Waals surface area contributed by atoms with Crippen LogP contribution >= 0.6 is 11.6 Å². The Morgan fingerprint density at radius 1 is 1.05 bits per heavy atom. The van der Waals surface area contributed by atoms with Gasteiger partial charge >= 0.3 is 0 Å². The number of ether oxygens (including phenoxy) is 2. The van der Waals surface area contributed by atoms with E-state index in [0.717, 1.165) is 17.1 Å². The molecular weight excluding hydrogens is 281 g/mol. The van der Waals surface area contributed by atoms with Crippen molar-refractivity contribution in [3.8, 4) is 11.5 Å². The molecule has 104 valence electrons. The number of hydrogen-bond acceptors (Lipinski definition) is 3. The highest BCUT2D eigenvalue weighted by molar-refractivity contribution is 6.30. The van der Waals surface area contributed by atoms with Gasteiger partial charge in [0.25, 0.3) is 0 Å². The summed E-state index contributed by atoms with van der Waals surface area (Å²) in [4.78, 5) is 0. The first kappa shape index (κ1) is 13.2. The Balaban J connectivity index is 1.60. The van der Waals surface area contributed by atoms with Crippen molar-refractivity contribution in [3.05, 3.63) is 58.4 Å². The van der Waals surface area contributed by atoms with Gasteiger partial charge in [0.15, 0.2) is 11.5 Å². The summed E-state index contributed by atoms with van der Waals surface area (Å²) in [7, 11) is 0. The Morgan fingerprint density at radius 2 is 1.90 bits per heavy atom. The molecule has 0 aromatic heterocycles. The van der Waals surface area contributed by atoms with Crippen LogP contribution in [0.5, 0.6) is 11.5 Å². The average Bonchev–Trinajstić information content (AvgIpc) is 2.89. The molecule has 2 aromatic rings. The normalized spacial score (nSPS) is 12.7. The van der Waals surface area contributed by atoms with E-state index in [0.29, 0.717) is 23.7 Å². The lowest BCUT2D eigenvalue weighted by atomic mass is 10.2. The molecule has 0 spiro atoms. The Kier molecular flexibility index (Phi) is 3.76. The molecule has 3 rings (SSSR count). The van der Waals surface area contributed by atoms with Crippen LogP contribution in [0.3, 0.4) is 0 Å². The Hall–Kier alpha value is -1.78. The monoisotopic (exact) mass is 293 g/mol. The van der Waals surface area contributed by atoms with Crippen LogP contribution in [0.2, 0.25) is 5.02 Å². The van der Waals surface area contributed by atoms with Crippen LogP contribution in [0.15, 0.2) is 36.4 Å². The van der Waals surface area contributed by atoms with Gasteiger partial charge < -0.3 is 14.8 Å². The molecule has 3 nitrogen and oxygen atoms in total. The highest BCUT2D eigenvalue weighted by atomic mass is 35.5. The van der Waals surface area contributed by atoms with E-state index in [9.17, 15) is 4.39 Å². The van der Waals surface area contributed by atoms with Gasteiger partial charge in [0.05, 0.1) is 0 Å². The first-order valence-corrected chi connectivity index (χ1v) is 6.63. The molecule has 2 aromatic carbocycles. The van der Waals surface area contributed by atoms with Crippen molar-refractivity contribution >= 4 is 11.6 Å². The summed E-state index contributed by atoms with van der Waals surface area (Å²) in [5, 5.41) is 3.59. The minimum absolute atomic E-state index is 0.266. The minimum atomic E-state index is -0.296. The van der Waals surface area contributed by atoms with Crippen molar-refractivity contribution in [1.29, 1.82) is 0 Å². The molecule has 5 heteroatoms. The van der Waals surface area contributed by atoms with Gasteiger partial charge in [-0.05, 0) is 29.8 Å². The second-order valence-corrected chi connectivity index (χ2v) is 4.96. The van der Waals surface area contributed by atoms with Gasteiger partial charge in [0, 0.05) is 23.7 Å². The van der Waals surface area contributed by atoms with Crippen LogP contribution in [0, 0.1) is 5.82 Å². The molecule has 0 saturated carbocycles. The summed E-state index contributed by atoms with van der Waals surface area (Å²) >= 11 is 5.71. The fraction of sp³-hybridized carbons (Fsp3) is 0.200. The third-order valence-electron chi connectivity index (χ3n) is 3.10. The van der Waals surface area contributed by atoms with Crippen LogP contribution in [0.1, 0.15) is 11.1 Å². The predicted molar refractivity (Wildman–Crippen MR) is 74.5 cm³/mol. The fourth-order valence-corrected chi connectivity index (χ4v) is 2.22. The van der Waals surface area contributed by atoms with Crippen LogP contribution in [-0.4, -0.2) is 6.79 Å². The van der Waals surface area contributed by atoms with E-state index in [1.54, 1.807) is 12.1 Å². The number of nitrogens with one attached hydrogen (secondary N) is 1. The van der Waals surface area contributed by atoms with Crippen LogP contribution in [-0.2, 0) is 13.1 Å². The maximum Gasteiger partial charge on any atom is 0.231 e. The van der Waals surface area contributed by atoms with Crippen molar-refractivity contribution < 1.29 is 13.9 Å². The maximum atomic E-state index is 13.6. The van der Waals surface area contributed by atoms with Crippen molar-refractivity contribution in [2.45, 2.75) is 13.1 Å². The molecule has 0 saturated heterocycles. The second kappa shape index (κ2) is 5.69. The van der Waals surface area contributed by atoms with Gasteiger partial charge in [-0.25, -0.2) is 4.39 Å². The Morgan fingerprint density at radius 3 is 2.75 bits per heavy atom. The van der Waals surface area contributed by atoms with Crippen LogP contribution in [0.4, 0.5) is 4.39 Å². The zero-order chi connectivity index (χ0) is 13.9. The smallest absolute Gasteiger partial charge is 0.231 e. The number of fused-ring (bicyclic) bond motifs is 1. The number of benzene rings is 2. The maximum absolute atomic E-state index is 13.6.